The van der Waals surface area contributed by atoms with Gasteiger partial charge in [0.05, 0.1) is 29.4 Å². The number of hydrogen-bond acceptors (Lipinski definition) is 5. The third-order valence-electron chi connectivity index (χ3n) is 4.52. The number of carbonyl (C=O) groups excluding carboxylic acids is 1. The third-order valence-corrected chi connectivity index (χ3v) is 6.31. The van der Waals surface area contributed by atoms with Crippen LogP contribution in [0, 0.1) is 6.92 Å². The lowest BCUT2D eigenvalue weighted by atomic mass is 10.2. The number of nitrogens with one attached hydrogen (secondary N) is 1. The number of nitrogens with zero attached hydrogens (tertiary/aromatic N) is 2. The Balaban J connectivity index is 1.85. The van der Waals surface area contributed by atoms with Crippen molar-refractivity contribution in [1.29, 1.82) is 0 Å². The van der Waals surface area contributed by atoms with E-state index < -0.39 is 15.9 Å². The summed E-state index contributed by atoms with van der Waals surface area (Å²) in [5.74, 6) is 0.150. The molecular formula is C23H25N3O4S. The Hall–Kier alpha value is -3.39. The average Bonchev–Trinajstić information content (AvgIpc) is 2.78. The van der Waals surface area contributed by atoms with Crippen LogP contribution in [0.4, 0.5) is 5.69 Å². The van der Waals surface area contributed by atoms with Crippen molar-refractivity contribution in [3.63, 3.8) is 0 Å². The maximum Gasteiger partial charge on any atom is 0.264 e. The van der Waals surface area contributed by atoms with Gasteiger partial charge in [0, 0.05) is 6.20 Å². The second kappa shape index (κ2) is 10.1. The summed E-state index contributed by atoms with van der Waals surface area (Å²) in [5, 5.41) is 2.73. The Kier molecular flexibility index (Phi) is 7.25. The molecule has 0 aliphatic carbocycles. The maximum atomic E-state index is 13.4. The highest BCUT2D eigenvalue weighted by Crippen LogP contribution is 2.25. The minimum atomic E-state index is -3.98. The minimum Gasteiger partial charge on any atom is -0.494 e. The predicted molar refractivity (Wildman–Crippen MR) is 119 cm³/mol. The van der Waals surface area contributed by atoms with Crippen LogP contribution in [0.1, 0.15) is 18.2 Å². The van der Waals surface area contributed by atoms with E-state index in [1.807, 2.05) is 32.0 Å². The zero-order valence-corrected chi connectivity index (χ0v) is 18.3. The smallest absolute Gasteiger partial charge is 0.264 e. The van der Waals surface area contributed by atoms with Crippen molar-refractivity contribution in [2.45, 2.75) is 25.3 Å². The fourth-order valence-corrected chi connectivity index (χ4v) is 4.33. The zero-order valence-electron chi connectivity index (χ0n) is 17.5. The number of aromatic nitrogens is 1. The molecule has 31 heavy (non-hydrogen) atoms. The summed E-state index contributed by atoms with van der Waals surface area (Å²) in [7, 11) is -3.98. The number of anilines is 1. The van der Waals surface area contributed by atoms with Crippen LogP contribution in [-0.4, -0.2) is 32.5 Å². The monoisotopic (exact) mass is 439 g/mol. The average molecular weight is 440 g/mol. The molecule has 1 aromatic heterocycles. The summed E-state index contributed by atoms with van der Waals surface area (Å²) in [5.41, 5.74) is 2.08. The maximum absolute atomic E-state index is 13.4. The molecule has 3 aromatic rings. The molecule has 1 N–H and O–H groups in total. The predicted octanol–water partition coefficient (Wildman–Crippen LogP) is 3.30. The van der Waals surface area contributed by atoms with Gasteiger partial charge in [-0.2, -0.15) is 0 Å². The van der Waals surface area contributed by atoms with Gasteiger partial charge in [-0.1, -0.05) is 23.8 Å². The van der Waals surface area contributed by atoms with Crippen molar-refractivity contribution >= 4 is 21.6 Å². The van der Waals surface area contributed by atoms with Gasteiger partial charge in [-0.05, 0) is 62.4 Å². The molecule has 1 heterocycles. The van der Waals surface area contributed by atoms with Crippen LogP contribution in [-0.2, 0) is 21.4 Å². The van der Waals surface area contributed by atoms with E-state index in [0.717, 1.165) is 9.87 Å². The minimum absolute atomic E-state index is 0.0778. The molecule has 2 aromatic carbocycles. The summed E-state index contributed by atoms with van der Waals surface area (Å²) in [6.07, 6.45) is 1.64. The van der Waals surface area contributed by atoms with E-state index in [2.05, 4.69) is 10.3 Å². The normalized spacial score (nSPS) is 11.0. The van der Waals surface area contributed by atoms with Crippen molar-refractivity contribution in [2.24, 2.45) is 0 Å². The van der Waals surface area contributed by atoms with Gasteiger partial charge in [-0.3, -0.25) is 14.1 Å². The standard InChI is InChI=1S/C23H25N3O4S/c1-3-30-21-11-13-22(14-12-21)31(28,29)26(20-9-7-18(2)8-10-20)17-23(27)25-16-19-6-4-5-15-24-19/h4-15H,3,16-17H2,1-2H3,(H,25,27). The number of carbonyl (C=O) groups is 1. The van der Waals surface area contributed by atoms with E-state index in [1.165, 1.54) is 12.1 Å². The van der Waals surface area contributed by atoms with Crippen molar-refractivity contribution < 1.29 is 17.9 Å². The second-order valence-electron chi connectivity index (χ2n) is 6.85. The number of amides is 1. The van der Waals surface area contributed by atoms with Gasteiger partial charge in [0.15, 0.2) is 0 Å². The van der Waals surface area contributed by atoms with Crippen LogP contribution < -0.4 is 14.4 Å². The Bertz CT molecular complexity index is 1100. The number of aryl methyl sites for hydroxylation is 1. The summed E-state index contributed by atoms with van der Waals surface area (Å²) in [6.45, 7) is 4.11. The molecule has 162 valence electrons. The number of sulfonamides is 1. The van der Waals surface area contributed by atoms with E-state index >= 15 is 0 Å². The zero-order chi connectivity index (χ0) is 22.3. The summed E-state index contributed by atoms with van der Waals surface area (Å²) in [6, 6.07) is 18.5. The third kappa shape index (κ3) is 5.82. The molecule has 8 heteroatoms. The fourth-order valence-electron chi connectivity index (χ4n) is 2.91. The van der Waals surface area contributed by atoms with Gasteiger partial charge in [0.25, 0.3) is 10.0 Å². The molecule has 0 unspecified atom stereocenters. The van der Waals surface area contributed by atoms with E-state index in [1.54, 1.807) is 42.6 Å². The molecule has 0 spiro atoms. The van der Waals surface area contributed by atoms with Crippen LogP contribution in [0.2, 0.25) is 0 Å². The Morgan fingerprint density at radius 1 is 1.03 bits per heavy atom. The SMILES string of the molecule is CCOc1ccc(S(=O)(=O)N(CC(=O)NCc2ccccn2)c2ccc(C)cc2)cc1. The molecule has 0 saturated carbocycles. The fraction of sp³-hybridized carbons (Fsp3) is 0.217. The van der Waals surface area contributed by atoms with Gasteiger partial charge in [-0.15, -0.1) is 0 Å². The van der Waals surface area contributed by atoms with Gasteiger partial charge >= 0.3 is 0 Å². The second-order valence-corrected chi connectivity index (χ2v) is 8.71. The number of pyridine rings is 1. The molecule has 3 rings (SSSR count). The first-order valence-electron chi connectivity index (χ1n) is 9.89. The Morgan fingerprint density at radius 3 is 2.35 bits per heavy atom. The number of ether oxygens (including phenoxy) is 1. The largest absolute Gasteiger partial charge is 0.494 e. The van der Waals surface area contributed by atoms with Crippen LogP contribution in [0.25, 0.3) is 0 Å². The molecule has 0 saturated heterocycles. The molecule has 0 aliphatic heterocycles. The molecule has 0 atom stereocenters. The molecule has 7 nitrogen and oxygen atoms in total. The quantitative estimate of drug-likeness (QED) is 0.553. The van der Waals surface area contributed by atoms with Gasteiger partial charge < -0.3 is 10.1 Å². The number of rotatable bonds is 9. The van der Waals surface area contributed by atoms with Gasteiger partial charge in [-0.25, -0.2) is 8.42 Å². The van der Waals surface area contributed by atoms with Gasteiger partial charge in [0.1, 0.15) is 12.3 Å². The van der Waals surface area contributed by atoms with Crippen LogP contribution in [0.5, 0.6) is 5.75 Å². The van der Waals surface area contributed by atoms with Crippen molar-refractivity contribution in [3.8, 4) is 5.75 Å². The molecule has 0 radical (unpaired) electrons. The van der Waals surface area contributed by atoms with Gasteiger partial charge in [0.2, 0.25) is 5.91 Å². The van der Waals surface area contributed by atoms with Crippen molar-refractivity contribution in [2.75, 3.05) is 17.5 Å². The lowest BCUT2D eigenvalue weighted by Gasteiger charge is -2.24. The van der Waals surface area contributed by atoms with Crippen LogP contribution >= 0.6 is 0 Å². The van der Waals surface area contributed by atoms with E-state index in [4.69, 9.17) is 4.74 Å². The van der Waals surface area contributed by atoms with Crippen molar-refractivity contribution in [1.82, 2.24) is 10.3 Å². The molecule has 0 aliphatic rings. The summed E-state index contributed by atoms with van der Waals surface area (Å²) < 4.78 is 33.3. The first-order chi connectivity index (χ1) is 14.9. The first-order valence-corrected chi connectivity index (χ1v) is 11.3. The van der Waals surface area contributed by atoms with E-state index in [9.17, 15) is 13.2 Å². The van der Waals surface area contributed by atoms with E-state index in [-0.39, 0.29) is 18.0 Å². The highest BCUT2D eigenvalue weighted by atomic mass is 32.2. The number of benzene rings is 2. The van der Waals surface area contributed by atoms with Crippen LogP contribution in [0.15, 0.2) is 77.8 Å². The first kappa shape index (κ1) is 22.3. The van der Waals surface area contributed by atoms with Crippen LogP contribution in [0.3, 0.4) is 0 Å². The van der Waals surface area contributed by atoms with Crippen molar-refractivity contribution in [3.05, 3.63) is 84.2 Å². The summed E-state index contributed by atoms with van der Waals surface area (Å²) in [4.78, 5) is 16.9. The molecule has 0 bridgehead atoms. The molecule has 0 fully saturated rings. The Morgan fingerprint density at radius 2 is 1.74 bits per heavy atom. The highest BCUT2D eigenvalue weighted by Gasteiger charge is 2.27. The lowest BCUT2D eigenvalue weighted by molar-refractivity contribution is -0.119. The highest BCUT2D eigenvalue weighted by molar-refractivity contribution is 7.92. The summed E-state index contributed by atoms with van der Waals surface area (Å²) >= 11 is 0. The topological polar surface area (TPSA) is 88.6 Å². The van der Waals surface area contributed by atoms with E-state index in [0.29, 0.717) is 23.7 Å². The molecule has 1 amide bonds. The lowest BCUT2D eigenvalue weighted by Crippen LogP contribution is -2.40. The number of hydrogen-bond donors (Lipinski definition) is 1. The Labute approximate surface area is 182 Å². The molecular weight excluding hydrogens is 414 g/mol.